The van der Waals surface area contributed by atoms with Crippen LogP contribution in [-0.2, 0) is 19.8 Å². The van der Waals surface area contributed by atoms with E-state index in [9.17, 15) is 14.4 Å². The molecule has 3 aliphatic rings. The maximum atomic E-state index is 12.8. The van der Waals surface area contributed by atoms with Crippen LogP contribution in [0.2, 0.25) is 0 Å². The summed E-state index contributed by atoms with van der Waals surface area (Å²) in [6, 6.07) is 1.95. The summed E-state index contributed by atoms with van der Waals surface area (Å²) in [5, 5.41) is 2.90. The van der Waals surface area contributed by atoms with Crippen LogP contribution in [0.25, 0.3) is 12.2 Å². The Morgan fingerprint density at radius 2 is 1.88 bits per heavy atom. The predicted molar refractivity (Wildman–Crippen MR) is 129 cm³/mol. The first-order chi connectivity index (χ1) is 16.4. The van der Waals surface area contributed by atoms with Gasteiger partial charge in [0.25, 0.3) is 0 Å². The van der Waals surface area contributed by atoms with Gasteiger partial charge >= 0.3 is 0 Å². The minimum Gasteiger partial charge on any atom is -0.343 e. The Morgan fingerprint density at radius 1 is 1.12 bits per heavy atom. The fourth-order valence-electron chi connectivity index (χ4n) is 4.94. The number of amides is 3. The predicted octanol–water partition coefficient (Wildman–Crippen LogP) is 2.48. The first kappa shape index (κ1) is 22.4. The molecular formula is C24H26N6O3S. The van der Waals surface area contributed by atoms with E-state index in [2.05, 4.69) is 19.7 Å². The fraction of sp³-hybridized carbons (Fsp3) is 0.417. The summed E-state index contributed by atoms with van der Waals surface area (Å²) in [6.07, 6.45) is 9.79. The van der Waals surface area contributed by atoms with Crippen LogP contribution in [0.15, 0.2) is 29.4 Å². The van der Waals surface area contributed by atoms with Crippen LogP contribution in [0, 0.1) is 0 Å². The number of pyridine rings is 1. The second-order valence-corrected chi connectivity index (χ2v) is 9.56. The normalized spacial score (nSPS) is 19.4. The quantitative estimate of drug-likeness (QED) is 0.679. The monoisotopic (exact) mass is 478 g/mol. The maximum Gasteiger partial charge on any atom is 0.246 e. The number of hydrogen-bond donors (Lipinski definition) is 1. The van der Waals surface area contributed by atoms with Crippen LogP contribution in [0.1, 0.15) is 49.6 Å². The summed E-state index contributed by atoms with van der Waals surface area (Å²) in [4.78, 5) is 49.6. The van der Waals surface area contributed by atoms with Crippen molar-refractivity contribution >= 4 is 47.2 Å². The average molecular weight is 479 g/mol. The van der Waals surface area contributed by atoms with Gasteiger partial charge in [0.15, 0.2) is 5.82 Å². The topological polar surface area (TPSA) is 108 Å². The third-order valence-electron chi connectivity index (χ3n) is 7.00. The highest BCUT2D eigenvalue weighted by Crippen LogP contribution is 2.44. The highest BCUT2D eigenvalue weighted by molar-refractivity contribution is 7.03. The molecule has 0 unspecified atom stereocenters. The van der Waals surface area contributed by atoms with Crippen LogP contribution >= 0.6 is 11.5 Å². The van der Waals surface area contributed by atoms with E-state index >= 15 is 0 Å². The van der Waals surface area contributed by atoms with E-state index in [0.29, 0.717) is 44.8 Å². The molecule has 2 aromatic heterocycles. The number of nitrogens with one attached hydrogen (secondary N) is 1. The van der Waals surface area contributed by atoms with Crippen molar-refractivity contribution in [3.63, 3.8) is 0 Å². The SMILES string of the molecule is CC(=O)N1CCC2(CC1)C(=O)Nc1ncc(/C=C/C(=O)N3CCC(=Cc4ncsn4)CC3)cc12. The molecule has 5 rings (SSSR count). The van der Waals surface area contributed by atoms with Crippen molar-refractivity contribution in [2.75, 3.05) is 31.5 Å². The molecule has 1 spiro atoms. The Labute approximate surface area is 201 Å². The van der Waals surface area contributed by atoms with Crippen LogP contribution in [0.5, 0.6) is 0 Å². The van der Waals surface area contributed by atoms with Gasteiger partial charge in [-0.3, -0.25) is 14.4 Å². The molecule has 0 bridgehead atoms. The summed E-state index contributed by atoms with van der Waals surface area (Å²) < 4.78 is 4.21. The standard InChI is InChI=1S/C24H26N6O3S/c1-16(31)29-10-6-24(7-11-29)19-12-18(14-25-22(19)27-23(24)33)2-3-21(32)30-8-4-17(5-9-30)13-20-26-15-34-28-20/h2-3,12-15H,4-11H2,1H3,(H,25,27,33)/b3-2+. The van der Waals surface area contributed by atoms with E-state index in [1.165, 1.54) is 17.1 Å². The zero-order valence-corrected chi connectivity index (χ0v) is 19.8. The first-order valence-electron chi connectivity index (χ1n) is 11.4. The number of carbonyl (C=O) groups is 3. The molecule has 2 fully saturated rings. The Hall–Kier alpha value is -3.40. The van der Waals surface area contributed by atoms with Crippen molar-refractivity contribution in [3.8, 4) is 0 Å². The second kappa shape index (κ2) is 9.09. The van der Waals surface area contributed by atoms with Gasteiger partial charge in [0.2, 0.25) is 17.7 Å². The first-order valence-corrected chi connectivity index (χ1v) is 12.3. The van der Waals surface area contributed by atoms with Crippen molar-refractivity contribution in [1.29, 1.82) is 0 Å². The van der Waals surface area contributed by atoms with Crippen LogP contribution in [-0.4, -0.2) is 68.0 Å². The molecule has 34 heavy (non-hydrogen) atoms. The van der Waals surface area contributed by atoms with Gasteiger partial charge in [0.1, 0.15) is 11.3 Å². The zero-order chi connectivity index (χ0) is 23.7. The van der Waals surface area contributed by atoms with Crippen LogP contribution in [0.4, 0.5) is 5.82 Å². The molecule has 5 heterocycles. The number of aromatic nitrogens is 3. The third-order valence-corrected chi connectivity index (χ3v) is 7.49. The lowest BCUT2D eigenvalue weighted by molar-refractivity contribution is -0.133. The number of nitrogens with zero attached hydrogens (tertiary/aromatic N) is 5. The van der Waals surface area contributed by atoms with Gasteiger partial charge in [0.05, 0.1) is 5.41 Å². The van der Waals surface area contributed by atoms with E-state index in [-0.39, 0.29) is 17.7 Å². The van der Waals surface area contributed by atoms with Crippen molar-refractivity contribution in [3.05, 3.63) is 46.4 Å². The molecule has 9 nitrogen and oxygen atoms in total. The van der Waals surface area contributed by atoms with Gasteiger partial charge in [-0.05, 0) is 61.0 Å². The van der Waals surface area contributed by atoms with Crippen LogP contribution < -0.4 is 5.32 Å². The molecule has 0 radical (unpaired) electrons. The molecule has 0 aromatic carbocycles. The highest BCUT2D eigenvalue weighted by atomic mass is 32.1. The largest absolute Gasteiger partial charge is 0.343 e. The molecular weight excluding hydrogens is 452 g/mol. The van der Waals surface area contributed by atoms with Gasteiger partial charge in [-0.1, -0.05) is 5.57 Å². The maximum absolute atomic E-state index is 12.8. The fourth-order valence-corrected chi connectivity index (χ4v) is 5.35. The number of carbonyl (C=O) groups excluding carboxylic acids is 3. The Kier molecular flexibility index (Phi) is 5.99. The summed E-state index contributed by atoms with van der Waals surface area (Å²) in [5.41, 5.74) is 3.95. The lowest BCUT2D eigenvalue weighted by Gasteiger charge is -2.37. The highest BCUT2D eigenvalue weighted by Gasteiger charge is 2.49. The Bertz CT molecular complexity index is 1170. The third kappa shape index (κ3) is 4.25. The van der Waals surface area contributed by atoms with E-state index in [1.54, 1.807) is 35.7 Å². The Morgan fingerprint density at radius 3 is 2.56 bits per heavy atom. The molecule has 1 N–H and O–H groups in total. The minimum atomic E-state index is -0.663. The van der Waals surface area contributed by atoms with E-state index < -0.39 is 5.41 Å². The number of likely N-dealkylation sites (tertiary alicyclic amines) is 2. The average Bonchev–Trinajstić information content (AvgIpc) is 3.45. The molecule has 0 aliphatic carbocycles. The molecule has 3 aliphatic heterocycles. The molecule has 3 amide bonds. The van der Waals surface area contributed by atoms with Gasteiger partial charge in [-0.2, -0.15) is 4.37 Å². The second-order valence-electron chi connectivity index (χ2n) is 8.96. The Balaban J connectivity index is 1.25. The molecule has 0 atom stereocenters. The lowest BCUT2D eigenvalue weighted by atomic mass is 9.74. The molecule has 0 saturated carbocycles. The number of anilines is 1. The van der Waals surface area contributed by atoms with Gasteiger partial charge in [-0.15, -0.1) is 0 Å². The van der Waals surface area contributed by atoms with E-state index in [1.807, 2.05) is 17.0 Å². The van der Waals surface area contributed by atoms with Crippen molar-refractivity contribution in [1.82, 2.24) is 24.1 Å². The summed E-state index contributed by atoms with van der Waals surface area (Å²) in [7, 11) is 0. The van der Waals surface area contributed by atoms with Gasteiger partial charge < -0.3 is 15.1 Å². The van der Waals surface area contributed by atoms with E-state index in [4.69, 9.17) is 0 Å². The molecule has 2 aromatic rings. The van der Waals surface area contributed by atoms with Crippen molar-refractivity contribution in [2.45, 2.75) is 38.0 Å². The smallest absolute Gasteiger partial charge is 0.246 e. The molecule has 10 heteroatoms. The molecule has 176 valence electrons. The van der Waals surface area contributed by atoms with Gasteiger partial charge in [0, 0.05) is 50.9 Å². The summed E-state index contributed by atoms with van der Waals surface area (Å²) >= 11 is 1.33. The van der Waals surface area contributed by atoms with Crippen LogP contribution in [0.3, 0.4) is 0 Å². The summed E-state index contributed by atoms with van der Waals surface area (Å²) in [5.74, 6) is 1.25. The summed E-state index contributed by atoms with van der Waals surface area (Å²) in [6.45, 7) is 3.97. The van der Waals surface area contributed by atoms with Crippen molar-refractivity contribution < 1.29 is 14.4 Å². The van der Waals surface area contributed by atoms with Gasteiger partial charge in [-0.25, -0.2) is 9.97 Å². The number of piperidine rings is 2. The number of rotatable bonds is 3. The minimum absolute atomic E-state index is 0.0296. The molecule has 2 saturated heterocycles. The van der Waals surface area contributed by atoms with E-state index in [0.717, 1.165) is 29.8 Å². The zero-order valence-electron chi connectivity index (χ0n) is 19.0. The number of hydrogen-bond acceptors (Lipinski definition) is 7. The van der Waals surface area contributed by atoms with Crippen molar-refractivity contribution in [2.24, 2.45) is 0 Å². The number of fused-ring (bicyclic) bond motifs is 2. The lowest BCUT2D eigenvalue weighted by Crippen LogP contribution is -2.47.